The molecular formula is C20H30N2O. The Morgan fingerprint density at radius 3 is 2.43 bits per heavy atom. The second kappa shape index (κ2) is 7.48. The summed E-state index contributed by atoms with van der Waals surface area (Å²) >= 11 is 0. The van der Waals surface area contributed by atoms with E-state index in [9.17, 15) is 4.79 Å². The zero-order chi connectivity index (χ0) is 16.2. The minimum absolute atomic E-state index is 0.0534. The summed E-state index contributed by atoms with van der Waals surface area (Å²) in [6.07, 6.45) is 7.62. The second-order valence-corrected chi connectivity index (χ2v) is 7.24. The van der Waals surface area contributed by atoms with Gasteiger partial charge in [0.2, 0.25) is 5.91 Å². The van der Waals surface area contributed by atoms with E-state index in [0.29, 0.717) is 12.1 Å². The van der Waals surface area contributed by atoms with Crippen LogP contribution in [0.4, 0.5) is 0 Å². The number of amides is 1. The van der Waals surface area contributed by atoms with Gasteiger partial charge in [-0.25, -0.2) is 0 Å². The Balaban J connectivity index is 1.71. The van der Waals surface area contributed by atoms with Crippen molar-refractivity contribution in [3.63, 3.8) is 0 Å². The van der Waals surface area contributed by atoms with E-state index in [2.05, 4.69) is 21.9 Å². The highest BCUT2D eigenvalue weighted by atomic mass is 16.2. The van der Waals surface area contributed by atoms with Crippen LogP contribution in [0.25, 0.3) is 0 Å². The van der Waals surface area contributed by atoms with E-state index in [4.69, 9.17) is 0 Å². The number of hydrogen-bond donors (Lipinski definition) is 0. The van der Waals surface area contributed by atoms with E-state index >= 15 is 0 Å². The lowest BCUT2D eigenvalue weighted by atomic mass is 9.87. The molecule has 0 aromatic heterocycles. The summed E-state index contributed by atoms with van der Waals surface area (Å²) in [4.78, 5) is 17.7. The fourth-order valence-electron chi connectivity index (χ4n) is 4.40. The van der Waals surface area contributed by atoms with Crippen LogP contribution in [-0.2, 0) is 4.79 Å². The molecule has 0 N–H and O–H groups in total. The fraction of sp³-hybridized carbons (Fsp3) is 0.650. The van der Waals surface area contributed by atoms with Gasteiger partial charge in [-0.2, -0.15) is 0 Å². The molecule has 23 heavy (non-hydrogen) atoms. The molecule has 1 amide bonds. The molecule has 3 nitrogen and oxygen atoms in total. The number of likely N-dealkylation sites (N-methyl/N-ethyl adjacent to an activating group) is 1. The van der Waals surface area contributed by atoms with Crippen molar-refractivity contribution in [2.45, 2.75) is 63.5 Å². The molecule has 0 radical (unpaired) electrons. The van der Waals surface area contributed by atoms with E-state index in [1.807, 2.05) is 32.2 Å². The molecule has 1 aliphatic heterocycles. The van der Waals surface area contributed by atoms with Gasteiger partial charge in [-0.05, 0) is 51.3 Å². The number of carbonyl (C=O) groups excluding carboxylic acids is 1. The highest BCUT2D eigenvalue weighted by molar-refractivity contribution is 5.83. The molecule has 126 valence electrons. The van der Waals surface area contributed by atoms with Gasteiger partial charge in [0.25, 0.3) is 0 Å². The SMILES string of the molecule is CC(C(=O)N(C)[C@@H]1CCCC[C@H]1N1CCCC1)c1ccccc1. The van der Waals surface area contributed by atoms with E-state index in [1.165, 1.54) is 45.2 Å². The summed E-state index contributed by atoms with van der Waals surface area (Å²) in [6, 6.07) is 11.1. The van der Waals surface area contributed by atoms with E-state index in [-0.39, 0.29) is 11.8 Å². The number of hydrogen-bond acceptors (Lipinski definition) is 2. The molecule has 0 spiro atoms. The van der Waals surface area contributed by atoms with Crippen LogP contribution in [0.15, 0.2) is 30.3 Å². The first-order valence-electron chi connectivity index (χ1n) is 9.24. The van der Waals surface area contributed by atoms with Crippen LogP contribution in [0.5, 0.6) is 0 Å². The lowest BCUT2D eigenvalue weighted by Crippen LogP contribution is -2.53. The van der Waals surface area contributed by atoms with Gasteiger partial charge in [-0.1, -0.05) is 43.2 Å². The van der Waals surface area contributed by atoms with Gasteiger partial charge in [0.15, 0.2) is 0 Å². The van der Waals surface area contributed by atoms with Gasteiger partial charge in [0.05, 0.1) is 5.92 Å². The van der Waals surface area contributed by atoms with Crippen LogP contribution >= 0.6 is 0 Å². The van der Waals surface area contributed by atoms with Crippen LogP contribution in [0.2, 0.25) is 0 Å². The fourth-order valence-corrected chi connectivity index (χ4v) is 4.40. The number of benzene rings is 1. The first-order valence-corrected chi connectivity index (χ1v) is 9.24. The van der Waals surface area contributed by atoms with E-state index < -0.39 is 0 Å². The zero-order valence-corrected chi connectivity index (χ0v) is 14.6. The Hall–Kier alpha value is -1.35. The Morgan fingerprint density at radius 1 is 1.09 bits per heavy atom. The van der Waals surface area contributed by atoms with Gasteiger partial charge >= 0.3 is 0 Å². The molecule has 2 aliphatic rings. The maximum absolute atomic E-state index is 13.0. The van der Waals surface area contributed by atoms with Gasteiger partial charge in [-0.15, -0.1) is 0 Å². The van der Waals surface area contributed by atoms with Gasteiger partial charge < -0.3 is 4.90 Å². The third kappa shape index (κ3) is 3.60. The molecule has 1 saturated heterocycles. The highest BCUT2D eigenvalue weighted by Crippen LogP contribution is 2.30. The average Bonchev–Trinajstić information content (AvgIpc) is 3.15. The topological polar surface area (TPSA) is 23.6 Å². The maximum Gasteiger partial charge on any atom is 0.229 e. The summed E-state index contributed by atoms with van der Waals surface area (Å²) in [7, 11) is 2.03. The van der Waals surface area contributed by atoms with Crippen LogP contribution in [0.1, 0.15) is 56.9 Å². The quantitative estimate of drug-likeness (QED) is 0.847. The van der Waals surface area contributed by atoms with Gasteiger partial charge in [0.1, 0.15) is 0 Å². The van der Waals surface area contributed by atoms with Crippen molar-refractivity contribution in [1.29, 1.82) is 0 Å². The third-order valence-corrected chi connectivity index (χ3v) is 5.82. The summed E-state index contributed by atoms with van der Waals surface area (Å²) in [5, 5.41) is 0. The average molecular weight is 314 g/mol. The van der Waals surface area contributed by atoms with Gasteiger partial charge in [-0.3, -0.25) is 9.69 Å². The Kier molecular flexibility index (Phi) is 5.37. The molecule has 1 saturated carbocycles. The van der Waals surface area contributed by atoms with E-state index in [0.717, 1.165) is 12.0 Å². The predicted octanol–water partition coefficient (Wildman–Crippen LogP) is 3.66. The first kappa shape index (κ1) is 16.5. The lowest BCUT2D eigenvalue weighted by Gasteiger charge is -2.43. The normalized spacial score (nSPS) is 26.9. The van der Waals surface area contributed by atoms with Crippen molar-refractivity contribution < 1.29 is 4.79 Å². The summed E-state index contributed by atoms with van der Waals surface area (Å²) < 4.78 is 0. The summed E-state index contributed by atoms with van der Waals surface area (Å²) in [5.74, 6) is 0.217. The third-order valence-electron chi connectivity index (χ3n) is 5.82. The molecular weight excluding hydrogens is 284 g/mol. The monoisotopic (exact) mass is 314 g/mol. The maximum atomic E-state index is 13.0. The van der Waals surface area contributed by atoms with Crippen LogP contribution in [0, 0.1) is 0 Å². The Labute approximate surface area is 140 Å². The molecule has 1 heterocycles. The molecule has 1 aromatic carbocycles. The van der Waals surface area contributed by atoms with Gasteiger partial charge in [0, 0.05) is 19.1 Å². The second-order valence-electron chi connectivity index (χ2n) is 7.24. The minimum atomic E-state index is -0.0534. The van der Waals surface area contributed by atoms with Crippen LogP contribution in [-0.4, -0.2) is 47.9 Å². The first-order chi connectivity index (χ1) is 11.2. The number of nitrogens with zero attached hydrogens (tertiary/aromatic N) is 2. The van der Waals surface area contributed by atoms with Crippen molar-refractivity contribution in [3.8, 4) is 0 Å². The Bertz CT molecular complexity index is 510. The molecule has 1 aromatic rings. The number of carbonyl (C=O) groups is 1. The van der Waals surface area contributed by atoms with Crippen LogP contribution in [0.3, 0.4) is 0 Å². The van der Waals surface area contributed by atoms with E-state index in [1.54, 1.807) is 0 Å². The molecule has 1 unspecified atom stereocenters. The summed E-state index contributed by atoms with van der Waals surface area (Å²) in [6.45, 7) is 4.48. The summed E-state index contributed by atoms with van der Waals surface area (Å²) in [5.41, 5.74) is 1.12. The number of likely N-dealkylation sites (tertiary alicyclic amines) is 1. The highest BCUT2D eigenvalue weighted by Gasteiger charge is 2.36. The molecule has 3 heteroatoms. The molecule has 3 rings (SSSR count). The molecule has 1 aliphatic carbocycles. The molecule has 3 atom stereocenters. The standard InChI is InChI=1S/C20H30N2O/c1-16(17-10-4-3-5-11-17)20(23)21(2)18-12-6-7-13-19(18)22-14-8-9-15-22/h3-5,10-11,16,18-19H,6-9,12-15H2,1-2H3/t16?,18-,19-/m1/s1. The smallest absolute Gasteiger partial charge is 0.229 e. The number of rotatable bonds is 4. The largest absolute Gasteiger partial charge is 0.341 e. The minimum Gasteiger partial charge on any atom is -0.341 e. The predicted molar refractivity (Wildman–Crippen MR) is 94.5 cm³/mol. The van der Waals surface area contributed by atoms with Crippen molar-refractivity contribution in [2.24, 2.45) is 0 Å². The van der Waals surface area contributed by atoms with Crippen molar-refractivity contribution in [1.82, 2.24) is 9.80 Å². The molecule has 2 fully saturated rings. The lowest BCUT2D eigenvalue weighted by molar-refractivity contribution is -0.135. The van der Waals surface area contributed by atoms with Crippen molar-refractivity contribution in [2.75, 3.05) is 20.1 Å². The van der Waals surface area contributed by atoms with Crippen molar-refractivity contribution >= 4 is 5.91 Å². The molecule has 0 bridgehead atoms. The zero-order valence-electron chi connectivity index (χ0n) is 14.6. The van der Waals surface area contributed by atoms with Crippen molar-refractivity contribution in [3.05, 3.63) is 35.9 Å². The van der Waals surface area contributed by atoms with Crippen LogP contribution < -0.4 is 0 Å². The Morgan fingerprint density at radius 2 is 1.74 bits per heavy atom.